The number of aliphatic hydroxyl groups is 1. The minimum atomic E-state index is -0.642. The lowest BCUT2D eigenvalue weighted by Crippen LogP contribution is -1.85. The monoisotopic (exact) mass is 161 g/mol. The van der Waals surface area contributed by atoms with Gasteiger partial charge in [-0.25, -0.2) is 0 Å². The minimum Gasteiger partial charge on any atom is -0.389 e. The summed E-state index contributed by atoms with van der Waals surface area (Å²) >= 11 is 0.770. The quantitative estimate of drug-likeness (QED) is 0.484. The zero-order chi connectivity index (χ0) is 7.56. The molecule has 0 spiro atoms. The van der Waals surface area contributed by atoms with E-state index in [-0.39, 0.29) is 16.7 Å². The average molecular weight is 161 g/mol. The zero-order valence-electron chi connectivity index (χ0n) is 4.72. The summed E-state index contributed by atoms with van der Waals surface area (Å²) in [5.74, 6) is 0. The molecule has 0 unspecified atom stereocenters. The number of hydrogen-bond donors (Lipinski definition) is 1. The van der Waals surface area contributed by atoms with Crippen LogP contribution < -0.4 is 0 Å². The molecule has 10 heavy (non-hydrogen) atoms. The maximum absolute atomic E-state index is 9.96. The average Bonchev–Trinajstić information content (AvgIpc) is 2.34. The third kappa shape index (κ3) is 1.25. The SMILES string of the molecule is O=[N+]([O-])c1nnc(CO)s1. The van der Waals surface area contributed by atoms with Gasteiger partial charge in [0.25, 0.3) is 0 Å². The van der Waals surface area contributed by atoms with Gasteiger partial charge in [-0.05, 0) is 21.4 Å². The molecule has 0 fully saturated rings. The summed E-state index contributed by atoms with van der Waals surface area (Å²) in [5, 5.41) is 24.9. The van der Waals surface area contributed by atoms with Gasteiger partial charge in [-0.1, -0.05) is 0 Å². The van der Waals surface area contributed by atoms with Crippen molar-refractivity contribution in [1.29, 1.82) is 0 Å². The Morgan fingerprint density at radius 3 is 2.70 bits per heavy atom. The molecule has 6 nitrogen and oxygen atoms in total. The van der Waals surface area contributed by atoms with Crippen molar-refractivity contribution in [3.63, 3.8) is 0 Å². The maximum Gasteiger partial charge on any atom is 0.450 e. The van der Waals surface area contributed by atoms with Gasteiger partial charge in [-0.3, -0.25) is 0 Å². The van der Waals surface area contributed by atoms with Crippen molar-refractivity contribution in [3.05, 3.63) is 15.1 Å². The van der Waals surface area contributed by atoms with Gasteiger partial charge in [0, 0.05) is 0 Å². The van der Waals surface area contributed by atoms with E-state index in [9.17, 15) is 10.1 Å². The number of aliphatic hydroxyl groups excluding tert-OH is 1. The van der Waals surface area contributed by atoms with Crippen LogP contribution in [0.25, 0.3) is 0 Å². The van der Waals surface area contributed by atoms with E-state index in [1.807, 2.05) is 0 Å². The number of hydrogen-bond acceptors (Lipinski definition) is 6. The van der Waals surface area contributed by atoms with E-state index in [2.05, 4.69) is 10.2 Å². The highest BCUT2D eigenvalue weighted by Crippen LogP contribution is 2.16. The Hall–Kier alpha value is -1.08. The van der Waals surface area contributed by atoms with Crippen LogP contribution in [0.15, 0.2) is 0 Å². The molecular formula is C3H3N3O3S. The van der Waals surface area contributed by atoms with E-state index in [1.54, 1.807) is 0 Å². The van der Waals surface area contributed by atoms with Gasteiger partial charge < -0.3 is 15.2 Å². The molecule has 0 bridgehead atoms. The number of aromatic nitrogens is 2. The van der Waals surface area contributed by atoms with Gasteiger partial charge in [0.1, 0.15) is 0 Å². The normalized spacial score (nSPS) is 9.70. The fourth-order valence-corrected chi connectivity index (χ4v) is 0.896. The Kier molecular flexibility index (Phi) is 1.88. The first-order valence-electron chi connectivity index (χ1n) is 2.31. The molecule has 0 aliphatic rings. The van der Waals surface area contributed by atoms with Crippen LogP contribution >= 0.6 is 11.3 Å². The molecule has 7 heteroatoms. The molecule has 0 aliphatic heterocycles. The predicted octanol–water partition coefficient (Wildman–Crippen LogP) is -0.0614. The number of nitrogens with zero attached hydrogens (tertiary/aromatic N) is 3. The highest BCUT2D eigenvalue weighted by atomic mass is 32.1. The van der Waals surface area contributed by atoms with Crippen molar-refractivity contribution in [3.8, 4) is 0 Å². The van der Waals surface area contributed by atoms with Crippen LogP contribution in [-0.2, 0) is 6.61 Å². The summed E-state index contributed by atoms with van der Waals surface area (Å²) in [6.07, 6.45) is 0. The molecular weight excluding hydrogens is 158 g/mol. The van der Waals surface area contributed by atoms with Gasteiger partial charge in [-0.2, -0.15) is 0 Å². The standard InChI is InChI=1S/C3H3N3O3S/c7-1-2-4-5-3(10-2)6(8)9/h7H,1H2. The van der Waals surface area contributed by atoms with Crippen LogP contribution in [0.4, 0.5) is 5.13 Å². The van der Waals surface area contributed by atoms with Crippen LogP contribution in [0.1, 0.15) is 5.01 Å². The van der Waals surface area contributed by atoms with Gasteiger partial charge in [0.05, 0.1) is 11.7 Å². The maximum atomic E-state index is 9.96. The predicted molar refractivity (Wildman–Crippen MR) is 32.5 cm³/mol. The van der Waals surface area contributed by atoms with Crippen molar-refractivity contribution in [2.45, 2.75) is 6.61 Å². The van der Waals surface area contributed by atoms with Crippen molar-refractivity contribution < 1.29 is 10.0 Å². The molecule has 1 aromatic rings. The zero-order valence-corrected chi connectivity index (χ0v) is 5.54. The molecule has 1 N–H and O–H groups in total. The largest absolute Gasteiger partial charge is 0.450 e. The lowest BCUT2D eigenvalue weighted by atomic mass is 10.8. The third-order valence-corrected chi connectivity index (χ3v) is 1.61. The van der Waals surface area contributed by atoms with E-state index in [1.165, 1.54) is 0 Å². The Morgan fingerprint density at radius 1 is 1.70 bits per heavy atom. The fraction of sp³-hybridized carbons (Fsp3) is 0.333. The molecule has 0 aliphatic carbocycles. The van der Waals surface area contributed by atoms with Crippen molar-refractivity contribution >= 4 is 16.5 Å². The lowest BCUT2D eigenvalue weighted by Gasteiger charge is -1.80. The first kappa shape index (κ1) is 7.03. The van der Waals surface area contributed by atoms with Crippen LogP contribution in [0.3, 0.4) is 0 Å². The number of rotatable bonds is 2. The summed E-state index contributed by atoms with van der Waals surface area (Å²) < 4.78 is 0. The first-order valence-corrected chi connectivity index (χ1v) is 3.13. The Bertz CT molecular complexity index is 247. The van der Waals surface area contributed by atoms with E-state index >= 15 is 0 Å². The van der Waals surface area contributed by atoms with Crippen LogP contribution in [-0.4, -0.2) is 20.2 Å². The summed E-state index contributed by atoms with van der Waals surface area (Å²) in [4.78, 5) is 9.32. The highest BCUT2D eigenvalue weighted by Gasteiger charge is 2.13. The summed E-state index contributed by atoms with van der Waals surface area (Å²) in [6.45, 7) is -0.300. The summed E-state index contributed by atoms with van der Waals surface area (Å²) in [7, 11) is 0. The van der Waals surface area contributed by atoms with Crippen molar-refractivity contribution in [2.24, 2.45) is 0 Å². The highest BCUT2D eigenvalue weighted by molar-refractivity contribution is 7.14. The second kappa shape index (κ2) is 2.67. The van der Waals surface area contributed by atoms with Gasteiger partial charge >= 0.3 is 5.13 Å². The molecule has 0 aromatic carbocycles. The summed E-state index contributed by atoms with van der Waals surface area (Å²) in [5.41, 5.74) is 0. The summed E-state index contributed by atoms with van der Waals surface area (Å²) in [6, 6.07) is 0. The Balaban J connectivity index is 2.88. The smallest absolute Gasteiger partial charge is 0.389 e. The molecule has 0 radical (unpaired) electrons. The third-order valence-electron chi connectivity index (χ3n) is 0.748. The topological polar surface area (TPSA) is 89.2 Å². The van der Waals surface area contributed by atoms with E-state index in [0.717, 1.165) is 11.3 Å². The number of nitro groups is 1. The molecule has 0 atom stereocenters. The van der Waals surface area contributed by atoms with Crippen LogP contribution in [0.5, 0.6) is 0 Å². The molecule has 1 heterocycles. The minimum absolute atomic E-state index is 0.256. The molecule has 54 valence electrons. The van der Waals surface area contributed by atoms with Gasteiger partial charge in [0.2, 0.25) is 0 Å². The molecule has 0 saturated heterocycles. The Morgan fingerprint density at radius 2 is 2.40 bits per heavy atom. The van der Waals surface area contributed by atoms with E-state index < -0.39 is 4.92 Å². The van der Waals surface area contributed by atoms with E-state index in [0.29, 0.717) is 0 Å². The second-order valence-corrected chi connectivity index (χ2v) is 2.43. The van der Waals surface area contributed by atoms with E-state index in [4.69, 9.17) is 5.11 Å². The van der Waals surface area contributed by atoms with Crippen LogP contribution in [0, 0.1) is 10.1 Å². The van der Waals surface area contributed by atoms with Gasteiger partial charge in [0.15, 0.2) is 5.01 Å². The van der Waals surface area contributed by atoms with Gasteiger partial charge in [-0.15, -0.1) is 0 Å². The molecule has 1 aromatic heterocycles. The fourth-order valence-electron chi connectivity index (χ4n) is 0.382. The van der Waals surface area contributed by atoms with Crippen molar-refractivity contribution in [1.82, 2.24) is 10.2 Å². The second-order valence-electron chi connectivity index (χ2n) is 1.39. The molecule has 1 rings (SSSR count). The molecule has 0 amide bonds. The molecule has 0 saturated carbocycles. The Labute approximate surface area is 59.3 Å². The first-order chi connectivity index (χ1) is 4.74. The van der Waals surface area contributed by atoms with Crippen LogP contribution in [0.2, 0.25) is 0 Å². The van der Waals surface area contributed by atoms with Crippen molar-refractivity contribution in [2.75, 3.05) is 0 Å². The lowest BCUT2D eigenvalue weighted by molar-refractivity contribution is -0.385.